The summed E-state index contributed by atoms with van der Waals surface area (Å²) in [7, 11) is 4.24. The molecule has 1 aliphatic carbocycles. The fourth-order valence-corrected chi connectivity index (χ4v) is 10.4. The molecule has 3 aliphatic heterocycles. The Hall–Kier alpha value is -6.90. The number of carbonyl (C=O) groups excluding carboxylic acids is 10. The summed E-state index contributed by atoms with van der Waals surface area (Å²) in [6.45, 7) is 16.9. The van der Waals surface area contributed by atoms with Gasteiger partial charge in [0.05, 0.1) is 31.6 Å². The van der Waals surface area contributed by atoms with Gasteiger partial charge in [0.25, 0.3) is 0 Å². The van der Waals surface area contributed by atoms with Crippen molar-refractivity contribution >= 4 is 59.1 Å². The number of methoxy groups -OCH3 is 1. The quantitative estimate of drug-likeness (QED) is 0.118. The van der Waals surface area contributed by atoms with Gasteiger partial charge in [-0.2, -0.15) is 0 Å². The molecule has 2 fully saturated rings. The Balaban J connectivity index is 1.62. The third-order valence-corrected chi connectivity index (χ3v) is 15.4. The molecule has 21 heteroatoms. The number of cyclic esters (lactones) is 2. The molecule has 1 aromatic carbocycles. The Morgan fingerprint density at radius 1 is 0.875 bits per heavy atom. The number of aliphatic hydroxyl groups is 1. The maximum absolute atomic E-state index is 15.0. The van der Waals surface area contributed by atoms with Crippen molar-refractivity contribution in [1.29, 1.82) is 0 Å². The molecule has 0 aromatic heterocycles. The van der Waals surface area contributed by atoms with Gasteiger partial charge in [-0.1, -0.05) is 98.2 Å². The molecule has 0 saturated carbocycles. The number of ketones is 1. The van der Waals surface area contributed by atoms with Crippen molar-refractivity contribution in [2.45, 2.75) is 175 Å². The van der Waals surface area contributed by atoms with Crippen molar-refractivity contribution in [3.05, 3.63) is 65.8 Å². The van der Waals surface area contributed by atoms with E-state index in [4.69, 9.17) is 18.9 Å². The summed E-state index contributed by atoms with van der Waals surface area (Å²) in [5.74, 6) is -12.1. The number of fused-ring (bicyclic) bond motifs is 2. The molecule has 0 bridgehead atoms. The summed E-state index contributed by atoms with van der Waals surface area (Å²) in [6, 6.07) is -1.29. The highest BCUT2D eigenvalue weighted by molar-refractivity contribution is 6.05. The van der Waals surface area contributed by atoms with Crippen molar-refractivity contribution in [3.8, 4) is 5.75 Å². The van der Waals surface area contributed by atoms with Gasteiger partial charge >= 0.3 is 17.9 Å². The summed E-state index contributed by atoms with van der Waals surface area (Å²) in [5.41, 5.74) is 1.14. The average molecular weight is 1120 g/mol. The van der Waals surface area contributed by atoms with Gasteiger partial charge in [-0.25, -0.2) is 4.79 Å². The van der Waals surface area contributed by atoms with Crippen LogP contribution in [-0.2, 0) is 68.6 Å². The predicted octanol–water partition coefficient (Wildman–Crippen LogP) is 3.54. The van der Waals surface area contributed by atoms with Gasteiger partial charge in [0.1, 0.15) is 48.2 Å². The number of benzene rings is 1. The second-order valence-electron chi connectivity index (χ2n) is 22.8. The van der Waals surface area contributed by atoms with E-state index in [9.17, 15) is 48.3 Å². The number of hydrogen-bond donors (Lipinski definition) is 4. The van der Waals surface area contributed by atoms with Crippen LogP contribution in [0.1, 0.15) is 113 Å². The summed E-state index contributed by atoms with van der Waals surface area (Å²) in [5, 5.41) is 20.1. The lowest BCUT2D eigenvalue weighted by atomic mass is 9.91. The molecule has 0 spiro atoms. The van der Waals surface area contributed by atoms with Crippen LogP contribution in [0.3, 0.4) is 0 Å². The summed E-state index contributed by atoms with van der Waals surface area (Å²) < 4.78 is 22.8. The van der Waals surface area contributed by atoms with Crippen LogP contribution >= 0.6 is 0 Å². The second-order valence-corrected chi connectivity index (χ2v) is 22.8. The number of aliphatic hydroxyl groups excluding tert-OH is 1. The van der Waals surface area contributed by atoms with E-state index in [2.05, 4.69) is 16.0 Å². The zero-order valence-corrected chi connectivity index (χ0v) is 48.6. The number of rotatable bonds is 14. The van der Waals surface area contributed by atoms with Gasteiger partial charge in [0.2, 0.25) is 35.4 Å². The zero-order chi connectivity index (χ0) is 59.4. The molecule has 1 aromatic rings. The number of nitrogens with one attached hydrogen (secondary N) is 3. The lowest BCUT2D eigenvalue weighted by molar-refractivity contribution is -0.163. The highest BCUT2D eigenvalue weighted by atomic mass is 16.6. The standard InChI is InChI=1S/C59H84N6O15/c1-14-34(8)48-45(66)30-47(67)80-51(33(6)7)50(68)35(9)52(69)60-41(26-31(2)3)56(73)65-25-17-19-42(65)57(74)64(12)44(28-37-21-23-39(77-13)24-22-37)59(76)78-36(10)49(54(71)61-48)62-53(70)43(27-32(4)5)63(11)55(72)40-29-38-18-15-16-20-46(38)79-58(40)75/h15-16,18,20-24,29,31-36,40-46,48-49,51,66H,14,17,19,25-28,30H2,1-13H3,(H,60,69)(H,61,71)(H,62,70)/t34-,35-,36+,40?,41-,42-,43+,44?,45-,46?,48+,49-,51-/m0/s1. The lowest BCUT2D eigenvalue weighted by Crippen LogP contribution is -2.62. The van der Waals surface area contributed by atoms with Gasteiger partial charge in [-0.05, 0) is 92.5 Å². The van der Waals surface area contributed by atoms with E-state index in [0.29, 0.717) is 29.7 Å². The van der Waals surface area contributed by atoms with E-state index in [1.807, 2.05) is 27.7 Å². The minimum Gasteiger partial charge on any atom is -0.497 e. The fraction of sp³-hybridized carbons (Fsp3) is 0.627. The van der Waals surface area contributed by atoms with Crippen LogP contribution in [-0.4, -0.2) is 167 Å². The number of esters is 3. The number of amides is 6. The summed E-state index contributed by atoms with van der Waals surface area (Å²) in [4.78, 5) is 148. The highest BCUT2D eigenvalue weighted by Gasteiger charge is 2.46. The number of hydrogen-bond acceptors (Lipinski definition) is 15. The van der Waals surface area contributed by atoms with Crippen molar-refractivity contribution in [1.82, 2.24) is 30.7 Å². The number of carbonyl (C=O) groups is 10. The van der Waals surface area contributed by atoms with Crippen molar-refractivity contribution in [2.24, 2.45) is 35.5 Å². The largest absolute Gasteiger partial charge is 0.497 e. The van der Waals surface area contributed by atoms with E-state index >= 15 is 4.79 Å². The SMILES string of the molecule is CC[C@H](C)[C@H]1NC(=O)[C@@H](NC(=O)[C@@H](CC(C)C)N(C)C(=O)C2C=C3C=CC=CC3OC2=O)[C@@H](C)OC(=O)C(Cc2ccc(OC)cc2)N(C)C(=O)[C@@H]2CCCN2C(=O)[C@H](CC(C)C)NC(=O)[C@@H](C)C(=O)[C@H](C(C)C)OC(=O)C[C@@H]1O. The topological polar surface area (TPSA) is 274 Å². The Kier molecular flexibility index (Phi) is 22.8. The molecule has 4 N–H and O–H groups in total. The third-order valence-electron chi connectivity index (χ3n) is 15.4. The highest BCUT2D eigenvalue weighted by Crippen LogP contribution is 2.29. The molecule has 4 aliphatic rings. The van der Waals surface area contributed by atoms with Crippen LogP contribution in [0.25, 0.3) is 0 Å². The molecular weight excluding hydrogens is 1030 g/mol. The molecule has 3 unspecified atom stereocenters. The van der Waals surface area contributed by atoms with Crippen molar-refractivity contribution in [3.63, 3.8) is 0 Å². The molecule has 80 heavy (non-hydrogen) atoms. The third kappa shape index (κ3) is 15.9. The first-order valence-corrected chi connectivity index (χ1v) is 28.0. The average Bonchev–Trinajstić information content (AvgIpc) is 3.91. The van der Waals surface area contributed by atoms with Crippen LogP contribution in [0.5, 0.6) is 5.75 Å². The van der Waals surface area contributed by atoms with Gasteiger partial charge in [0, 0.05) is 27.1 Å². The Labute approximate surface area is 469 Å². The van der Waals surface area contributed by atoms with Gasteiger partial charge in [0.15, 0.2) is 17.8 Å². The minimum absolute atomic E-state index is 0.0368. The van der Waals surface area contributed by atoms with E-state index in [1.54, 1.807) is 76.3 Å². The van der Waals surface area contributed by atoms with Gasteiger partial charge in [-0.15, -0.1) is 0 Å². The number of ether oxygens (including phenoxy) is 4. The maximum atomic E-state index is 15.0. The Morgan fingerprint density at radius 3 is 2.16 bits per heavy atom. The summed E-state index contributed by atoms with van der Waals surface area (Å²) >= 11 is 0. The van der Waals surface area contributed by atoms with Crippen LogP contribution in [0, 0.1) is 35.5 Å². The number of likely N-dealkylation sites (N-methyl/N-ethyl adjacent to an activating group) is 2. The number of allylic oxidation sites excluding steroid dienone is 2. The van der Waals surface area contributed by atoms with Crippen LogP contribution in [0.2, 0.25) is 0 Å². The zero-order valence-electron chi connectivity index (χ0n) is 48.6. The second kappa shape index (κ2) is 28.5. The van der Waals surface area contributed by atoms with Crippen molar-refractivity contribution < 1.29 is 72.0 Å². The molecule has 2 saturated heterocycles. The normalized spacial score (nSPS) is 28.5. The smallest absolute Gasteiger partial charge is 0.329 e. The first kappa shape index (κ1) is 63.9. The van der Waals surface area contributed by atoms with Crippen LogP contribution in [0.4, 0.5) is 0 Å². The van der Waals surface area contributed by atoms with E-state index < -0.39 is 150 Å². The minimum atomic E-state index is -1.78. The Morgan fingerprint density at radius 2 is 1.55 bits per heavy atom. The van der Waals surface area contributed by atoms with Crippen LogP contribution < -0.4 is 20.7 Å². The number of Topliss-reactive ketones (excluding diaryl/α,β-unsaturated/α-hetero) is 1. The van der Waals surface area contributed by atoms with E-state index in [-0.39, 0.29) is 44.1 Å². The molecule has 21 nitrogen and oxygen atoms in total. The molecule has 5 rings (SSSR count). The predicted molar refractivity (Wildman–Crippen MR) is 294 cm³/mol. The molecule has 6 amide bonds. The molecule has 3 heterocycles. The maximum Gasteiger partial charge on any atom is 0.329 e. The first-order chi connectivity index (χ1) is 37.7. The lowest BCUT2D eigenvalue weighted by Gasteiger charge is -2.36. The Bertz CT molecular complexity index is 2540. The van der Waals surface area contributed by atoms with Crippen LogP contribution in [0.15, 0.2) is 60.2 Å². The number of nitrogens with zero attached hydrogens (tertiary/aromatic N) is 3. The molecule has 13 atom stereocenters. The molecule has 440 valence electrons. The van der Waals surface area contributed by atoms with Crippen molar-refractivity contribution in [2.75, 3.05) is 27.7 Å². The van der Waals surface area contributed by atoms with Gasteiger partial charge < -0.3 is 54.7 Å². The van der Waals surface area contributed by atoms with E-state index in [0.717, 1.165) is 4.90 Å². The molecular formula is C59H84N6O15. The molecule has 0 radical (unpaired) electrons. The fourth-order valence-electron chi connectivity index (χ4n) is 10.4. The first-order valence-electron chi connectivity index (χ1n) is 28.0. The summed E-state index contributed by atoms with van der Waals surface area (Å²) in [6.07, 6.45) is 3.20. The van der Waals surface area contributed by atoms with Gasteiger partial charge in [-0.3, -0.25) is 43.2 Å². The monoisotopic (exact) mass is 1120 g/mol. The van der Waals surface area contributed by atoms with E-state index in [1.165, 1.54) is 50.9 Å².